The van der Waals surface area contributed by atoms with Crippen molar-refractivity contribution < 1.29 is 24.5 Å². The maximum absolute atomic E-state index is 12.5. The second-order valence-electron chi connectivity index (χ2n) is 21.4. The van der Waals surface area contributed by atoms with Crippen LogP contribution in [0.15, 0.2) is 24.3 Å². The monoisotopic (exact) mass is 972 g/mol. The Labute approximate surface area is 431 Å². The zero-order valence-electron chi connectivity index (χ0n) is 46.6. The molecule has 2 unspecified atom stereocenters. The van der Waals surface area contributed by atoms with Gasteiger partial charge in [-0.05, 0) is 51.4 Å². The molecule has 0 saturated carbocycles. The molecule has 0 radical (unpaired) electrons. The molecule has 6 nitrogen and oxygen atoms in total. The minimum absolute atomic E-state index is 0.00283. The van der Waals surface area contributed by atoms with Crippen molar-refractivity contribution in [3.05, 3.63) is 24.3 Å². The number of carbonyl (C=O) groups is 2. The fraction of sp³-hybridized carbons (Fsp3) is 0.905. The third-order valence-electron chi connectivity index (χ3n) is 14.5. The van der Waals surface area contributed by atoms with Crippen molar-refractivity contribution in [3.8, 4) is 0 Å². The molecule has 408 valence electrons. The molecule has 6 heteroatoms. The van der Waals surface area contributed by atoms with Crippen LogP contribution in [0.3, 0.4) is 0 Å². The number of carbonyl (C=O) groups excluding carboxylic acids is 2. The van der Waals surface area contributed by atoms with E-state index < -0.39 is 12.1 Å². The van der Waals surface area contributed by atoms with Crippen LogP contribution in [0.1, 0.15) is 341 Å². The number of nitrogens with one attached hydrogen (secondary N) is 1. The topological polar surface area (TPSA) is 95.9 Å². The summed E-state index contributed by atoms with van der Waals surface area (Å²) in [5, 5.41) is 23.2. The number of unbranched alkanes of at least 4 members (excludes halogenated alkanes) is 43. The molecule has 0 heterocycles. The van der Waals surface area contributed by atoms with Gasteiger partial charge in [-0.15, -0.1) is 0 Å². The molecule has 2 atom stereocenters. The zero-order valence-corrected chi connectivity index (χ0v) is 46.6. The van der Waals surface area contributed by atoms with Gasteiger partial charge in [0, 0.05) is 12.8 Å². The van der Waals surface area contributed by atoms with E-state index in [0.717, 1.165) is 51.4 Å². The summed E-state index contributed by atoms with van der Waals surface area (Å²) in [6, 6.07) is -0.538. The molecule has 1 amide bonds. The van der Waals surface area contributed by atoms with Crippen molar-refractivity contribution in [2.45, 2.75) is 353 Å². The molecule has 0 aromatic rings. The third-order valence-corrected chi connectivity index (χ3v) is 14.5. The van der Waals surface area contributed by atoms with Crippen LogP contribution in [0.5, 0.6) is 0 Å². The van der Waals surface area contributed by atoms with Gasteiger partial charge >= 0.3 is 5.97 Å². The first kappa shape index (κ1) is 67.3. The van der Waals surface area contributed by atoms with Crippen molar-refractivity contribution in [3.63, 3.8) is 0 Å². The van der Waals surface area contributed by atoms with Crippen LogP contribution in [-0.4, -0.2) is 47.4 Å². The van der Waals surface area contributed by atoms with Gasteiger partial charge in [0.1, 0.15) is 0 Å². The summed E-state index contributed by atoms with van der Waals surface area (Å²) in [5.41, 5.74) is 0. The first-order valence-corrected chi connectivity index (χ1v) is 31.1. The lowest BCUT2D eigenvalue weighted by Crippen LogP contribution is -2.45. The van der Waals surface area contributed by atoms with E-state index in [1.165, 1.54) is 257 Å². The van der Waals surface area contributed by atoms with E-state index in [4.69, 9.17) is 4.74 Å². The van der Waals surface area contributed by atoms with E-state index in [-0.39, 0.29) is 18.5 Å². The summed E-state index contributed by atoms with van der Waals surface area (Å²) in [5.74, 6) is -0.0287. The Bertz CT molecular complexity index is 1080. The maximum Gasteiger partial charge on any atom is 0.305 e. The van der Waals surface area contributed by atoms with E-state index in [2.05, 4.69) is 43.5 Å². The minimum Gasteiger partial charge on any atom is -0.466 e. The zero-order chi connectivity index (χ0) is 50.0. The molecule has 0 aromatic heterocycles. The van der Waals surface area contributed by atoms with Crippen molar-refractivity contribution in [2.75, 3.05) is 13.2 Å². The Morgan fingerprint density at radius 1 is 0.406 bits per heavy atom. The lowest BCUT2D eigenvalue weighted by Gasteiger charge is -2.22. The van der Waals surface area contributed by atoms with E-state index >= 15 is 0 Å². The number of hydrogen-bond acceptors (Lipinski definition) is 5. The second-order valence-corrected chi connectivity index (χ2v) is 21.4. The van der Waals surface area contributed by atoms with Crippen LogP contribution >= 0.6 is 0 Å². The molecule has 0 aliphatic heterocycles. The Kier molecular flexibility index (Phi) is 57.5. The number of allylic oxidation sites excluding steroid dienone is 4. The lowest BCUT2D eigenvalue weighted by atomic mass is 10.0. The van der Waals surface area contributed by atoms with Crippen molar-refractivity contribution >= 4 is 11.9 Å². The molecule has 0 fully saturated rings. The SMILES string of the molecule is CCC/C=C\C/C=C\CCCCCCCC(=O)OCCCCCCCCCCCCCCCCCCCCCCCCCCCCCC(=O)NC(CO)C(O)CCCCCCCCCCCCCC. The van der Waals surface area contributed by atoms with Crippen LogP contribution in [0.2, 0.25) is 0 Å². The highest BCUT2D eigenvalue weighted by Crippen LogP contribution is 2.18. The number of hydrogen-bond donors (Lipinski definition) is 3. The van der Waals surface area contributed by atoms with Gasteiger partial charge in [-0.3, -0.25) is 9.59 Å². The number of aliphatic hydroxyl groups excluding tert-OH is 2. The summed E-state index contributed by atoms with van der Waals surface area (Å²) in [4.78, 5) is 24.5. The number of esters is 1. The molecular formula is C63H121NO5. The molecule has 0 aliphatic rings. The predicted octanol–water partition coefficient (Wildman–Crippen LogP) is 19.4. The Morgan fingerprint density at radius 3 is 1.16 bits per heavy atom. The van der Waals surface area contributed by atoms with E-state index in [0.29, 0.717) is 25.9 Å². The smallest absolute Gasteiger partial charge is 0.305 e. The lowest BCUT2D eigenvalue weighted by molar-refractivity contribution is -0.143. The highest BCUT2D eigenvalue weighted by Gasteiger charge is 2.20. The van der Waals surface area contributed by atoms with Crippen LogP contribution in [0.4, 0.5) is 0 Å². The predicted molar refractivity (Wildman–Crippen MR) is 301 cm³/mol. The Morgan fingerprint density at radius 2 is 0.754 bits per heavy atom. The first-order valence-electron chi connectivity index (χ1n) is 31.1. The summed E-state index contributed by atoms with van der Waals surface area (Å²) in [6.07, 6.45) is 72.0. The van der Waals surface area contributed by atoms with Crippen LogP contribution < -0.4 is 5.32 Å². The largest absolute Gasteiger partial charge is 0.466 e. The Hall–Kier alpha value is -1.66. The average molecular weight is 973 g/mol. The highest BCUT2D eigenvalue weighted by atomic mass is 16.5. The average Bonchev–Trinajstić information content (AvgIpc) is 3.35. The van der Waals surface area contributed by atoms with Gasteiger partial charge in [0.15, 0.2) is 0 Å². The summed E-state index contributed by atoms with van der Waals surface area (Å²) in [6.45, 7) is 4.90. The molecule has 3 N–H and O–H groups in total. The number of ether oxygens (including phenoxy) is 1. The molecule has 0 spiro atoms. The molecule has 0 rings (SSSR count). The maximum atomic E-state index is 12.5. The number of amides is 1. The molecular weight excluding hydrogens is 851 g/mol. The van der Waals surface area contributed by atoms with Gasteiger partial charge in [0.05, 0.1) is 25.4 Å². The standard InChI is InChI=1S/C63H121NO5/c1-3-5-7-9-11-13-15-32-37-41-45-49-53-57-63(68)69-58-54-50-46-42-38-34-31-29-27-25-23-21-19-17-18-20-22-24-26-28-30-33-36-40-44-48-52-56-62(67)64-60(59-65)61(66)55-51-47-43-39-35-16-14-12-10-8-6-4-2/h7,9,13,15,60-61,65-66H,3-6,8,10-12,14,16-59H2,1-2H3,(H,64,67)/b9-7-,15-13-. The van der Waals surface area contributed by atoms with Crippen LogP contribution in [0, 0.1) is 0 Å². The summed E-state index contributed by atoms with van der Waals surface area (Å²) < 4.78 is 5.47. The van der Waals surface area contributed by atoms with Gasteiger partial charge in [0.2, 0.25) is 5.91 Å². The minimum atomic E-state index is -0.661. The number of aliphatic hydroxyl groups is 2. The fourth-order valence-electron chi connectivity index (χ4n) is 9.74. The normalized spacial score (nSPS) is 12.7. The van der Waals surface area contributed by atoms with Gasteiger partial charge in [0.25, 0.3) is 0 Å². The van der Waals surface area contributed by atoms with Crippen molar-refractivity contribution in [1.29, 1.82) is 0 Å². The van der Waals surface area contributed by atoms with Crippen molar-refractivity contribution in [1.82, 2.24) is 5.32 Å². The van der Waals surface area contributed by atoms with E-state index in [9.17, 15) is 19.8 Å². The quantitative estimate of drug-likeness (QED) is 0.0321. The van der Waals surface area contributed by atoms with Gasteiger partial charge in [-0.2, -0.15) is 0 Å². The second kappa shape index (κ2) is 58.9. The molecule has 0 aliphatic carbocycles. The fourth-order valence-corrected chi connectivity index (χ4v) is 9.74. The van der Waals surface area contributed by atoms with E-state index in [1.54, 1.807) is 0 Å². The number of rotatable bonds is 58. The highest BCUT2D eigenvalue weighted by molar-refractivity contribution is 5.76. The van der Waals surface area contributed by atoms with Crippen LogP contribution in [0.25, 0.3) is 0 Å². The Balaban J connectivity index is 3.33. The van der Waals surface area contributed by atoms with Gasteiger partial charge in [-0.1, -0.05) is 301 Å². The molecule has 0 bridgehead atoms. The van der Waals surface area contributed by atoms with E-state index in [1.807, 2.05) is 0 Å². The van der Waals surface area contributed by atoms with Crippen LogP contribution in [-0.2, 0) is 14.3 Å². The third kappa shape index (κ3) is 55.5. The summed E-state index contributed by atoms with van der Waals surface area (Å²) >= 11 is 0. The van der Waals surface area contributed by atoms with Gasteiger partial charge < -0.3 is 20.3 Å². The molecule has 0 saturated heterocycles. The summed E-state index contributed by atoms with van der Waals surface area (Å²) in [7, 11) is 0. The van der Waals surface area contributed by atoms with Gasteiger partial charge in [-0.25, -0.2) is 0 Å². The van der Waals surface area contributed by atoms with Crippen molar-refractivity contribution in [2.24, 2.45) is 0 Å². The molecule has 69 heavy (non-hydrogen) atoms. The molecule has 0 aromatic carbocycles. The first-order chi connectivity index (χ1) is 34.0.